The van der Waals surface area contributed by atoms with Gasteiger partial charge >= 0.3 is 0 Å². The summed E-state index contributed by atoms with van der Waals surface area (Å²) in [6.45, 7) is 0. The molecule has 0 spiro atoms. The molecule has 1 saturated heterocycles. The van der Waals surface area contributed by atoms with Crippen LogP contribution >= 0.6 is 15.9 Å². The van der Waals surface area contributed by atoms with Gasteiger partial charge in [-0.25, -0.2) is 0 Å². The van der Waals surface area contributed by atoms with E-state index in [-0.39, 0.29) is 23.7 Å². The van der Waals surface area contributed by atoms with Crippen molar-refractivity contribution in [3.63, 3.8) is 0 Å². The van der Waals surface area contributed by atoms with E-state index in [2.05, 4.69) is 28.1 Å². The lowest BCUT2D eigenvalue weighted by Gasteiger charge is -2.37. The highest BCUT2D eigenvalue weighted by molar-refractivity contribution is 9.10. The number of carbonyl (C=O) groups is 2. The Hall–Kier alpha value is -1.42. The summed E-state index contributed by atoms with van der Waals surface area (Å²) >= 11 is 3.39. The summed E-state index contributed by atoms with van der Waals surface area (Å²) in [4.78, 5) is 27.1. The maximum absolute atomic E-state index is 12.8. The number of allylic oxidation sites excluding steroid dienone is 2. The minimum atomic E-state index is -0.111. The van der Waals surface area contributed by atoms with E-state index in [1.807, 2.05) is 24.3 Å². The molecule has 2 saturated carbocycles. The number of nitrogens with zero attached hydrogens (tertiary/aromatic N) is 1. The first-order valence-electron chi connectivity index (χ1n) is 7.48. The predicted molar refractivity (Wildman–Crippen MR) is 81.3 cm³/mol. The monoisotopic (exact) mass is 343 g/mol. The Morgan fingerprint density at radius 3 is 1.95 bits per heavy atom. The number of hydrogen-bond donors (Lipinski definition) is 0. The largest absolute Gasteiger partial charge is 0.274 e. The number of rotatable bonds is 1. The third-order valence-electron chi connectivity index (χ3n) is 5.75. The zero-order valence-corrected chi connectivity index (χ0v) is 12.9. The number of imide groups is 1. The zero-order chi connectivity index (χ0) is 14.3. The van der Waals surface area contributed by atoms with Gasteiger partial charge in [0.05, 0.1) is 17.5 Å². The number of amides is 2. The molecular weight excluding hydrogens is 330 g/mol. The van der Waals surface area contributed by atoms with Gasteiger partial charge in [-0.2, -0.15) is 0 Å². The molecule has 106 valence electrons. The smallest absolute Gasteiger partial charge is 0.238 e. The summed E-state index contributed by atoms with van der Waals surface area (Å²) in [5.41, 5.74) is 0.704. The molecule has 6 atom stereocenters. The van der Waals surface area contributed by atoms with E-state index >= 15 is 0 Å². The zero-order valence-electron chi connectivity index (χ0n) is 11.3. The summed E-state index contributed by atoms with van der Waals surface area (Å²) in [5, 5.41) is 0. The molecule has 3 nitrogen and oxygen atoms in total. The fraction of sp³-hybridized carbons (Fsp3) is 0.412. The minimum absolute atomic E-state index is 0.0111. The highest BCUT2D eigenvalue weighted by Gasteiger charge is 2.67. The second-order valence-corrected chi connectivity index (χ2v) is 7.56. The van der Waals surface area contributed by atoms with E-state index < -0.39 is 0 Å². The topological polar surface area (TPSA) is 37.4 Å². The van der Waals surface area contributed by atoms with Gasteiger partial charge in [0.2, 0.25) is 11.8 Å². The average Bonchev–Trinajstić information content (AvgIpc) is 3.26. The van der Waals surface area contributed by atoms with Crippen molar-refractivity contribution in [2.24, 2.45) is 35.5 Å². The van der Waals surface area contributed by atoms with Gasteiger partial charge in [-0.15, -0.1) is 0 Å². The lowest BCUT2D eigenvalue weighted by Crippen LogP contribution is -2.40. The number of benzene rings is 1. The van der Waals surface area contributed by atoms with Crippen LogP contribution in [0, 0.1) is 35.5 Å². The molecule has 1 aliphatic heterocycles. The van der Waals surface area contributed by atoms with E-state index in [0.717, 1.165) is 4.47 Å². The third kappa shape index (κ3) is 1.44. The summed E-state index contributed by atoms with van der Waals surface area (Å²) in [6, 6.07) is 7.44. The molecule has 2 amide bonds. The highest BCUT2D eigenvalue weighted by Crippen LogP contribution is 2.65. The van der Waals surface area contributed by atoms with E-state index in [9.17, 15) is 9.59 Å². The summed E-state index contributed by atoms with van der Waals surface area (Å²) in [5.74, 6) is 1.70. The van der Waals surface area contributed by atoms with Gasteiger partial charge in [0.25, 0.3) is 0 Å². The van der Waals surface area contributed by atoms with Gasteiger partial charge in [0.15, 0.2) is 0 Å². The van der Waals surface area contributed by atoms with Crippen LogP contribution in [0.3, 0.4) is 0 Å². The van der Waals surface area contributed by atoms with Gasteiger partial charge in [0.1, 0.15) is 0 Å². The van der Waals surface area contributed by atoms with Crippen molar-refractivity contribution in [2.45, 2.75) is 6.42 Å². The Balaban J connectivity index is 1.58. The van der Waals surface area contributed by atoms with Crippen molar-refractivity contribution in [2.75, 3.05) is 4.90 Å². The molecule has 0 radical (unpaired) electrons. The quantitative estimate of drug-likeness (QED) is 0.580. The first-order valence-corrected chi connectivity index (χ1v) is 8.28. The molecule has 5 aliphatic rings. The van der Waals surface area contributed by atoms with Crippen molar-refractivity contribution in [1.29, 1.82) is 0 Å². The minimum Gasteiger partial charge on any atom is -0.274 e. The maximum Gasteiger partial charge on any atom is 0.238 e. The van der Waals surface area contributed by atoms with Gasteiger partial charge < -0.3 is 0 Å². The predicted octanol–water partition coefficient (Wildman–Crippen LogP) is 3.01. The van der Waals surface area contributed by atoms with Crippen LogP contribution in [0.1, 0.15) is 6.42 Å². The van der Waals surface area contributed by atoms with Crippen LogP contribution in [-0.2, 0) is 9.59 Å². The lowest BCUT2D eigenvalue weighted by atomic mass is 9.63. The Labute approximate surface area is 131 Å². The van der Waals surface area contributed by atoms with Crippen LogP contribution in [0.15, 0.2) is 40.9 Å². The SMILES string of the molecule is O=C1[C@@H]2[C@H]3C=C[C@@H]([C@@H]4C[C@H]34)[C@H]2C(=O)N1c1ccc(Br)cc1. The van der Waals surface area contributed by atoms with Crippen LogP contribution < -0.4 is 4.90 Å². The Morgan fingerprint density at radius 1 is 0.905 bits per heavy atom. The summed E-state index contributed by atoms with van der Waals surface area (Å²) in [6.07, 6.45) is 5.61. The molecule has 0 unspecified atom stereocenters. The fourth-order valence-corrected chi connectivity index (χ4v) is 5.07. The molecule has 6 rings (SSSR count). The normalized spacial score (nSPS) is 42.2. The summed E-state index contributed by atoms with van der Waals surface area (Å²) in [7, 11) is 0. The standard InChI is InChI=1S/C17H14BrNO2/c18-8-1-3-9(4-2-8)19-16(20)14-10-5-6-11(13-7-12(10)13)15(14)17(19)21/h1-6,10-15H,7H2/t10-,11-,12-,13+,14+,15+/m0/s1. The van der Waals surface area contributed by atoms with Crippen LogP contribution in [-0.4, -0.2) is 11.8 Å². The van der Waals surface area contributed by atoms with Crippen molar-refractivity contribution >= 4 is 33.4 Å². The number of halogens is 1. The highest BCUT2D eigenvalue weighted by atomic mass is 79.9. The summed E-state index contributed by atoms with van der Waals surface area (Å²) < 4.78 is 0.950. The van der Waals surface area contributed by atoms with Crippen molar-refractivity contribution in [3.05, 3.63) is 40.9 Å². The number of carbonyl (C=O) groups excluding carboxylic acids is 2. The molecule has 1 heterocycles. The first kappa shape index (κ1) is 12.2. The second kappa shape index (κ2) is 3.86. The van der Waals surface area contributed by atoms with Crippen LogP contribution in [0.4, 0.5) is 5.69 Å². The van der Waals surface area contributed by atoms with Gasteiger partial charge in [0, 0.05) is 4.47 Å². The van der Waals surface area contributed by atoms with Crippen molar-refractivity contribution in [3.8, 4) is 0 Å². The third-order valence-corrected chi connectivity index (χ3v) is 6.28. The molecule has 21 heavy (non-hydrogen) atoms. The molecular formula is C17H14BrNO2. The molecule has 4 aliphatic carbocycles. The first-order chi connectivity index (χ1) is 10.2. The Kier molecular flexibility index (Phi) is 2.23. The van der Waals surface area contributed by atoms with E-state index in [4.69, 9.17) is 0 Å². The van der Waals surface area contributed by atoms with E-state index in [1.165, 1.54) is 11.3 Å². The molecule has 4 heteroatoms. The molecule has 0 aromatic heterocycles. The molecule has 1 aromatic carbocycles. The lowest BCUT2D eigenvalue weighted by molar-refractivity contribution is -0.124. The maximum atomic E-state index is 12.8. The van der Waals surface area contributed by atoms with E-state index in [1.54, 1.807) is 0 Å². The van der Waals surface area contributed by atoms with Gasteiger partial charge in [-0.1, -0.05) is 28.1 Å². The Bertz CT molecular complexity index is 659. The molecule has 1 aromatic rings. The number of anilines is 1. The Morgan fingerprint density at radius 2 is 1.43 bits per heavy atom. The van der Waals surface area contributed by atoms with Gasteiger partial charge in [-0.05, 0) is 54.4 Å². The average molecular weight is 344 g/mol. The van der Waals surface area contributed by atoms with Gasteiger partial charge in [-0.3, -0.25) is 14.5 Å². The molecule has 2 bridgehead atoms. The molecule has 3 fully saturated rings. The van der Waals surface area contributed by atoms with Crippen LogP contribution in [0.25, 0.3) is 0 Å². The van der Waals surface area contributed by atoms with Crippen molar-refractivity contribution < 1.29 is 9.59 Å². The van der Waals surface area contributed by atoms with Crippen LogP contribution in [0.5, 0.6) is 0 Å². The second-order valence-electron chi connectivity index (χ2n) is 6.64. The fourth-order valence-electron chi connectivity index (χ4n) is 4.80. The molecule has 0 N–H and O–H groups in total. The van der Waals surface area contributed by atoms with Crippen LogP contribution in [0.2, 0.25) is 0 Å². The van der Waals surface area contributed by atoms with E-state index in [0.29, 0.717) is 29.4 Å². The van der Waals surface area contributed by atoms with Crippen molar-refractivity contribution in [1.82, 2.24) is 0 Å². The number of hydrogen-bond acceptors (Lipinski definition) is 2.